The van der Waals surface area contributed by atoms with Gasteiger partial charge >= 0.3 is 12.0 Å². The lowest BCUT2D eigenvalue weighted by Gasteiger charge is -2.24. The average Bonchev–Trinajstić information content (AvgIpc) is 2.93. The normalized spacial score (nSPS) is 17.8. The SMILES string of the molecule is O=C(O)c1cncc(NC(=O)N2CCCC2CCCO)c1. The van der Waals surface area contributed by atoms with Crippen LogP contribution >= 0.6 is 0 Å². The number of likely N-dealkylation sites (tertiary alicyclic amines) is 1. The number of pyridine rings is 1. The van der Waals surface area contributed by atoms with Crippen molar-refractivity contribution in [1.29, 1.82) is 0 Å². The number of aromatic nitrogens is 1. The van der Waals surface area contributed by atoms with Crippen LogP contribution in [0.1, 0.15) is 36.0 Å². The molecule has 0 radical (unpaired) electrons. The third-order valence-corrected chi connectivity index (χ3v) is 3.57. The van der Waals surface area contributed by atoms with E-state index in [1.54, 1.807) is 4.90 Å². The largest absolute Gasteiger partial charge is 0.478 e. The molecule has 7 heteroatoms. The summed E-state index contributed by atoms with van der Waals surface area (Å²) in [5, 5.41) is 20.5. The smallest absolute Gasteiger partial charge is 0.337 e. The molecule has 1 unspecified atom stereocenters. The van der Waals surface area contributed by atoms with E-state index in [0.717, 1.165) is 19.3 Å². The highest BCUT2D eigenvalue weighted by molar-refractivity contribution is 5.92. The number of carboxylic acids is 1. The van der Waals surface area contributed by atoms with Crippen LogP contribution in [0.5, 0.6) is 0 Å². The number of aromatic carboxylic acids is 1. The lowest BCUT2D eigenvalue weighted by Crippen LogP contribution is -2.38. The predicted octanol–water partition coefficient (Wildman–Crippen LogP) is 1.55. The van der Waals surface area contributed by atoms with Gasteiger partial charge in [0, 0.05) is 25.4 Å². The molecule has 2 rings (SSSR count). The number of hydrogen-bond donors (Lipinski definition) is 3. The van der Waals surface area contributed by atoms with Crippen molar-refractivity contribution in [2.75, 3.05) is 18.5 Å². The van der Waals surface area contributed by atoms with E-state index >= 15 is 0 Å². The first-order valence-electron chi connectivity index (χ1n) is 6.98. The summed E-state index contributed by atoms with van der Waals surface area (Å²) in [7, 11) is 0. The Kier molecular flexibility index (Phi) is 5.10. The first kappa shape index (κ1) is 15.2. The van der Waals surface area contributed by atoms with Gasteiger partial charge in [0.1, 0.15) is 0 Å². The van der Waals surface area contributed by atoms with Crippen LogP contribution in [0.15, 0.2) is 18.5 Å². The van der Waals surface area contributed by atoms with E-state index in [1.165, 1.54) is 18.5 Å². The second-order valence-electron chi connectivity index (χ2n) is 5.05. The minimum absolute atomic E-state index is 0.0334. The molecule has 3 N–H and O–H groups in total. The summed E-state index contributed by atoms with van der Waals surface area (Å²) >= 11 is 0. The van der Waals surface area contributed by atoms with Crippen molar-refractivity contribution in [3.05, 3.63) is 24.0 Å². The summed E-state index contributed by atoms with van der Waals surface area (Å²) in [6, 6.07) is 1.26. The van der Waals surface area contributed by atoms with Crippen molar-refractivity contribution in [2.24, 2.45) is 0 Å². The molecule has 1 fully saturated rings. The Labute approximate surface area is 122 Å². The second kappa shape index (κ2) is 7.03. The summed E-state index contributed by atoms with van der Waals surface area (Å²) in [4.78, 5) is 28.7. The molecule has 0 aliphatic carbocycles. The molecule has 7 nitrogen and oxygen atoms in total. The van der Waals surface area contributed by atoms with E-state index in [9.17, 15) is 9.59 Å². The van der Waals surface area contributed by atoms with E-state index < -0.39 is 5.97 Å². The fourth-order valence-corrected chi connectivity index (χ4v) is 2.55. The Bertz CT molecular complexity index is 521. The van der Waals surface area contributed by atoms with Crippen LogP contribution in [0.3, 0.4) is 0 Å². The number of aliphatic hydroxyl groups is 1. The lowest BCUT2D eigenvalue weighted by molar-refractivity contribution is 0.0696. The van der Waals surface area contributed by atoms with Gasteiger partial charge in [-0.25, -0.2) is 9.59 Å². The number of hydrogen-bond acceptors (Lipinski definition) is 4. The number of nitrogens with zero attached hydrogens (tertiary/aromatic N) is 2. The maximum atomic E-state index is 12.2. The second-order valence-corrected chi connectivity index (χ2v) is 5.05. The topological polar surface area (TPSA) is 103 Å². The molecule has 0 spiro atoms. The molecule has 21 heavy (non-hydrogen) atoms. The Morgan fingerprint density at radius 1 is 1.43 bits per heavy atom. The minimum Gasteiger partial charge on any atom is -0.478 e. The standard InChI is InChI=1S/C14H19N3O4/c18-6-2-4-12-3-1-5-17(12)14(21)16-11-7-10(13(19)20)8-15-9-11/h7-9,12,18H,1-6H2,(H,16,21)(H,19,20). The molecule has 0 bridgehead atoms. The molecular weight excluding hydrogens is 274 g/mol. The number of nitrogens with one attached hydrogen (secondary N) is 1. The quantitative estimate of drug-likeness (QED) is 0.764. The Morgan fingerprint density at radius 3 is 2.95 bits per heavy atom. The fraction of sp³-hybridized carbons (Fsp3) is 0.500. The summed E-state index contributed by atoms with van der Waals surface area (Å²) < 4.78 is 0. The Morgan fingerprint density at radius 2 is 2.24 bits per heavy atom. The highest BCUT2D eigenvalue weighted by Crippen LogP contribution is 2.22. The molecule has 1 saturated heterocycles. The molecule has 2 amide bonds. The number of carbonyl (C=O) groups is 2. The van der Waals surface area contributed by atoms with Gasteiger partial charge in [-0.3, -0.25) is 4.98 Å². The summed E-state index contributed by atoms with van der Waals surface area (Å²) in [6.07, 6.45) is 5.97. The monoisotopic (exact) mass is 293 g/mol. The lowest BCUT2D eigenvalue weighted by atomic mass is 10.1. The van der Waals surface area contributed by atoms with Gasteiger partial charge < -0.3 is 20.4 Å². The number of amides is 2. The van der Waals surface area contributed by atoms with Gasteiger partial charge in [-0.1, -0.05) is 0 Å². The first-order chi connectivity index (χ1) is 10.1. The summed E-state index contributed by atoms with van der Waals surface area (Å²) in [5.41, 5.74) is 0.402. The third-order valence-electron chi connectivity index (χ3n) is 3.57. The van der Waals surface area contributed by atoms with Gasteiger partial charge in [0.25, 0.3) is 0 Å². The highest BCUT2D eigenvalue weighted by atomic mass is 16.4. The molecule has 0 saturated carbocycles. The van der Waals surface area contributed by atoms with Crippen LogP contribution in [0.4, 0.5) is 10.5 Å². The van der Waals surface area contributed by atoms with Gasteiger partial charge in [-0.05, 0) is 31.7 Å². The van der Waals surface area contributed by atoms with Crippen LogP contribution in [0, 0.1) is 0 Å². The van der Waals surface area contributed by atoms with E-state index in [4.69, 9.17) is 10.2 Å². The molecule has 1 atom stereocenters. The molecular formula is C14H19N3O4. The van der Waals surface area contributed by atoms with Gasteiger partial charge in [0.05, 0.1) is 17.4 Å². The number of urea groups is 1. The zero-order chi connectivity index (χ0) is 15.2. The fourth-order valence-electron chi connectivity index (χ4n) is 2.55. The van der Waals surface area contributed by atoms with Gasteiger partial charge in [0.15, 0.2) is 0 Å². The molecule has 114 valence electrons. The molecule has 1 aliphatic rings. The zero-order valence-electron chi connectivity index (χ0n) is 11.7. The highest BCUT2D eigenvalue weighted by Gasteiger charge is 2.28. The number of carbonyl (C=O) groups excluding carboxylic acids is 1. The minimum atomic E-state index is -1.08. The van der Waals surface area contributed by atoms with Crippen molar-refractivity contribution in [2.45, 2.75) is 31.7 Å². The van der Waals surface area contributed by atoms with Crippen molar-refractivity contribution in [3.8, 4) is 0 Å². The van der Waals surface area contributed by atoms with Crippen LogP contribution < -0.4 is 5.32 Å². The van der Waals surface area contributed by atoms with Gasteiger partial charge in [-0.2, -0.15) is 0 Å². The number of carboxylic acid groups (broad SMARTS) is 1. The zero-order valence-corrected chi connectivity index (χ0v) is 11.7. The first-order valence-corrected chi connectivity index (χ1v) is 6.98. The third kappa shape index (κ3) is 3.91. The molecule has 1 aromatic rings. The van der Waals surface area contributed by atoms with Crippen LogP contribution in [-0.4, -0.2) is 51.3 Å². The van der Waals surface area contributed by atoms with Crippen molar-refractivity contribution in [1.82, 2.24) is 9.88 Å². The maximum Gasteiger partial charge on any atom is 0.337 e. The Balaban J connectivity index is 2.00. The number of anilines is 1. The van der Waals surface area contributed by atoms with Crippen LogP contribution in [-0.2, 0) is 0 Å². The van der Waals surface area contributed by atoms with Crippen molar-refractivity contribution < 1.29 is 19.8 Å². The van der Waals surface area contributed by atoms with Crippen molar-refractivity contribution >= 4 is 17.7 Å². The predicted molar refractivity (Wildman–Crippen MR) is 76.3 cm³/mol. The molecule has 1 aliphatic heterocycles. The van der Waals surface area contributed by atoms with Gasteiger partial charge in [0.2, 0.25) is 0 Å². The van der Waals surface area contributed by atoms with Gasteiger partial charge in [-0.15, -0.1) is 0 Å². The maximum absolute atomic E-state index is 12.2. The van der Waals surface area contributed by atoms with E-state index in [2.05, 4.69) is 10.3 Å². The summed E-state index contributed by atoms with van der Waals surface area (Å²) in [6.45, 7) is 0.796. The molecule has 1 aromatic heterocycles. The summed E-state index contributed by atoms with van der Waals surface area (Å²) in [5.74, 6) is -1.08. The van der Waals surface area contributed by atoms with Crippen LogP contribution in [0.25, 0.3) is 0 Å². The van der Waals surface area contributed by atoms with E-state index in [1.807, 2.05) is 0 Å². The van der Waals surface area contributed by atoms with E-state index in [0.29, 0.717) is 18.7 Å². The number of aliphatic hydroxyl groups excluding tert-OH is 1. The van der Waals surface area contributed by atoms with E-state index in [-0.39, 0.29) is 24.2 Å². The average molecular weight is 293 g/mol. The van der Waals surface area contributed by atoms with Crippen molar-refractivity contribution in [3.63, 3.8) is 0 Å². The number of rotatable bonds is 5. The molecule has 0 aromatic carbocycles. The molecule has 2 heterocycles. The van der Waals surface area contributed by atoms with Crippen LogP contribution in [0.2, 0.25) is 0 Å². The Hall–Kier alpha value is -2.15.